The number of halogens is 1. The molecule has 2 aromatic rings. The van der Waals surface area contributed by atoms with Gasteiger partial charge in [-0.3, -0.25) is 0 Å². The van der Waals surface area contributed by atoms with Crippen molar-refractivity contribution in [2.24, 2.45) is 21.7 Å². The van der Waals surface area contributed by atoms with Gasteiger partial charge in [-0.15, -0.1) is 5.10 Å². The lowest BCUT2D eigenvalue weighted by Crippen LogP contribution is -2.24. The molecule has 0 aliphatic heterocycles. The Morgan fingerprint density at radius 3 is 2.74 bits per heavy atom. The van der Waals surface area contributed by atoms with Gasteiger partial charge in [0.1, 0.15) is 6.33 Å². The van der Waals surface area contributed by atoms with Crippen LogP contribution < -0.4 is 11.5 Å². The highest BCUT2D eigenvalue weighted by Gasteiger charge is 2.28. The molecule has 0 saturated heterocycles. The van der Waals surface area contributed by atoms with Gasteiger partial charge in [0.05, 0.1) is 17.1 Å². The van der Waals surface area contributed by atoms with Crippen molar-refractivity contribution in [3.63, 3.8) is 0 Å². The van der Waals surface area contributed by atoms with Gasteiger partial charge in [0.15, 0.2) is 0 Å². The molecule has 1 atom stereocenters. The first-order valence-corrected chi connectivity index (χ1v) is 7.64. The van der Waals surface area contributed by atoms with Gasteiger partial charge in [0.25, 0.3) is 0 Å². The first-order valence-electron chi connectivity index (χ1n) is 7.27. The Kier molecular flexibility index (Phi) is 4.25. The highest BCUT2D eigenvalue weighted by molar-refractivity contribution is 6.31. The van der Waals surface area contributed by atoms with Crippen LogP contribution in [0.5, 0.6) is 0 Å². The summed E-state index contributed by atoms with van der Waals surface area (Å²) in [5.41, 5.74) is 15.4. The second kappa shape index (κ2) is 6.34. The maximum Gasteiger partial charge on any atom is 0.211 e. The fraction of sp³-hybridized carbons (Fsp3) is 0.250. The normalized spacial score (nSPS) is 18.5. The lowest BCUT2D eigenvalue weighted by Gasteiger charge is -2.26. The van der Waals surface area contributed by atoms with Gasteiger partial charge in [-0.25, -0.2) is 9.97 Å². The Hall–Kier alpha value is -2.47. The Morgan fingerprint density at radius 1 is 1.22 bits per heavy atom. The number of benzene rings is 1. The molecular weight excluding hydrogens is 312 g/mol. The number of rotatable bonds is 2. The topological polar surface area (TPSA) is 103 Å². The number of hydrogen-bond acceptors (Lipinski definition) is 4. The number of nitrogens with zero attached hydrogens (tertiary/aromatic N) is 4. The minimum atomic E-state index is -0.0755. The van der Waals surface area contributed by atoms with E-state index in [1.807, 2.05) is 31.2 Å². The van der Waals surface area contributed by atoms with E-state index in [1.54, 1.807) is 6.33 Å². The first-order chi connectivity index (χ1) is 11.1. The van der Waals surface area contributed by atoms with E-state index in [4.69, 9.17) is 23.1 Å². The average Bonchev–Trinajstić information content (AvgIpc) is 2.53. The van der Waals surface area contributed by atoms with E-state index in [1.165, 1.54) is 0 Å². The van der Waals surface area contributed by atoms with E-state index in [0.717, 1.165) is 39.7 Å². The molecule has 6 nitrogen and oxygen atoms in total. The van der Waals surface area contributed by atoms with E-state index in [2.05, 4.69) is 20.2 Å². The summed E-state index contributed by atoms with van der Waals surface area (Å²) in [5, 5.41) is 8.78. The smallest absolute Gasteiger partial charge is 0.211 e. The Bertz CT molecular complexity index is 795. The minimum Gasteiger partial charge on any atom is -0.369 e. The van der Waals surface area contributed by atoms with E-state index in [-0.39, 0.29) is 11.9 Å². The van der Waals surface area contributed by atoms with Crippen LogP contribution in [0.2, 0.25) is 5.02 Å². The van der Waals surface area contributed by atoms with Crippen molar-refractivity contribution in [3.8, 4) is 0 Å². The number of aromatic nitrogens is 2. The Labute approximate surface area is 139 Å². The largest absolute Gasteiger partial charge is 0.369 e. The second-order valence-corrected chi connectivity index (χ2v) is 5.89. The molecule has 0 fully saturated rings. The summed E-state index contributed by atoms with van der Waals surface area (Å²) >= 11 is 6.35. The van der Waals surface area contributed by atoms with Gasteiger partial charge in [0, 0.05) is 10.6 Å². The summed E-state index contributed by atoms with van der Waals surface area (Å²) < 4.78 is 0. The Balaban J connectivity index is 2.08. The monoisotopic (exact) mass is 328 g/mol. The number of aryl methyl sites for hydroxylation is 1. The van der Waals surface area contributed by atoms with Crippen molar-refractivity contribution in [2.45, 2.75) is 25.7 Å². The van der Waals surface area contributed by atoms with Crippen molar-refractivity contribution in [2.75, 3.05) is 0 Å². The SMILES string of the molecule is Cc1ncnc2c1/C(=N/N=C(N)N)CC(c1ccccc1Cl)C2. The highest BCUT2D eigenvalue weighted by atomic mass is 35.5. The molecule has 1 aliphatic carbocycles. The fourth-order valence-electron chi connectivity index (χ4n) is 2.93. The molecule has 1 aromatic carbocycles. The van der Waals surface area contributed by atoms with Gasteiger partial charge in [-0.2, -0.15) is 5.10 Å². The van der Waals surface area contributed by atoms with Crippen LogP contribution in [0.25, 0.3) is 0 Å². The van der Waals surface area contributed by atoms with Gasteiger partial charge in [0.2, 0.25) is 5.96 Å². The van der Waals surface area contributed by atoms with Gasteiger partial charge < -0.3 is 11.5 Å². The summed E-state index contributed by atoms with van der Waals surface area (Å²) in [6.07, 6.45) is 3.03. The second-order valence-electron chi connectivity index (χ2n) is 5.48. The van der Waals surface area contributed by atoms with Crippen LogP contribution in [0, 0.1) is 6.92 Å². The van der Waals surface area contributed by atoms with Crippen molar-refractivity contribution >= 4 is 23.3 Å². The summed E-state index contributed by atoms with van der Waals surface area (Å²) in [6, 6.07) is 7.83. The summed E-state index contributed by atoms with van der Waals surface area (Å²) in [5.74, 6) is 0.104. The lowest BCUT2D eigenvalue weighted by atomic mass is 9.81. The van der Waals surface area contributed by atoms with Gasteiger partial charge >= 0.3 is 0 Å². The highest BCUT2D eigenvalue weighted by Crippen LogP contribution is 2.36. The summed E-state index contributed by atoms with van der Waals surface area (Å²) in [6.45, 7) is 1.93. The van der Waals surface area contributed by atoms with Gasteiger partial charge in [-0.05, 0) is 37.3 Å². The zero-order valence-corrected chi connectivity index (χ0v) is 13.5. The molecule has 0 amide bonds. The van der Waals surface area contributed by atoms with Crippen molar-refractivity contribution in [3.05, 3.63) is 58.1 Å². The standard InChI is InChI=1S/C16H17ClN6/c1-9-15-13(21-8-20-9)6-10(7-14(15)22-23-16(18)19)11-4-2-3-5-12(11)17/h2-5,8,10H,6-7H2,1H3,(H4,18,19,23)/b22-14+. The van der Waals surface area contributed by atoms with Crippen LogP contribution in [0.15, 0.2) is 40.8 Å². The molecule has 0 saturated carbocycles. The van der Waals surface area contributed by atoms with E-state index >= 15 is 0 Å². The number of guanidine groups is 1. The third-order valence-corrected chi connectivity index (χ3v) is 4.26. The molecular formula is C16H17ClN6. The van der Waals surface area contributed by atoms with Crippen LogP contribution >= 0.6 is 11.6 Å². The van der Waals surface area contributed by atoms with Crippen molar-refractivity contribution in [1.29, 1.82) is 0 Å². The average molecular weight is 329 g/mol. The van der Waals surface area contributed by atoms with Crippen LogP contribution in [0.3, 0.4) is 0 Å². The quantitative estimate of drug-likeness (QED) is 0.501. The molecule has 4 N–H and O–H groups in total. The molecule has 0 bridgehead atoms. The zero-order chi connectivity index (χ0) is 16.4. The maximum absolute atomic E-state index is 6.35. The summed E-state index contributed by atoms with van der Waals surface area (Å²) in [7, 11) is 0. The molecule has 1 unspecified atom stereocenters. The molecule has 1 aliphatic rings. The van der Waals surface area contributed by atoms with Crippen LogP contribution in [0.4, 0.5) is 0 Å². The van der Waals surface area contributed by atoms with Crippen molar-refractivity contribution < 1.29 is 0 Å². The molecule has 0 spiro atoms. The molecule has 3 rings (SSSR count). The third-order valence-electron chi connectivity index (χ3n) is 3.91. The Morgan fingerprint density at radius 2 is 2.00 bits per heavy atom. The number of nitrogens with two attached hydrogens (primary N) is 2. The molecule has 1 aromatic heterocycles. The third kappa shape index (κ3) is 3.17. The summed E-state index contributed by atoms with van der Waals surface area (Å²) in [4.78, 5) is 8.67. The van der Waals surface area contributed by atoms with Crippen LogP contribution in [-0.4, -0.2) is 21.6 Å². The zero-order valence-electron chi connectivity index (χ0n) is 12.7. The van der Waals surface area contributed by atoms with Gasteiger partial charge in [-0.1, -0.05) is 29.8 Å². The molecule has 1 heterocycles. The van der Waals surface area contributed by atoms with Crippen LogP contribution in [-0.2, 0) is 6.42 Å². The van der Waals surface area contributed by atoms with E-state index < -0.39 is 0 Å². The van der Waals surface area contributed by atoms with Crippen LogP contribution in [0.1, 0.15) is 34.9 Å². The first kappa shape index (κ1) is 15.4. The minimum absolute atomic E-state index is 0.0755. The molecule has 7 heteroatoms. The molecule has 23 heavy (non-hydrogen) atoms. The molecule has 118 valence electrons. The van der Waals surface area contributed by atoms with Crippen molar-refractivity contribution in [1.82, 2.24) is 9.97 Å². The predicted octanol–water partition coefficient (Wildman–Crippen LogP) is 2.15. The van der Waals surface area contributed by atoms with E-state index in [9.17, 15) is 0 Å². The predicted molar refractivity (Wildman–Crippen MR) is 91.6 cm³/mol. The van der Waals surface area contributed by atoms with E-state index in [0.29, 0.717) is 6.42 Å². The number of fused-ring (bicyclic) bond motifs is 1. The lowest BCUT2D eigenvalue weighted by molar-refractivity contribution is 0.673. The maximum atomic E-state index is 6.35. The molecule has 0 radical (unpaired) electrons. The number of hydrogen-bond donors (Lipinski definition) is 2. The fourth-order valence-corrected chi connectivity index (χ4v) is 3.22.